The maximum Gasteiger partial charge on any atom is 0.242 e. The van der Waals surface area contributed by atoms with Gasteiger partial charge in [-0.3, -0.25) is 4.79 Å². The summed E-state index contributed by atoms with van der Waals surface area (Å²) in [4.78, 5) is 15.1. The average Bonchev–Trinajstić information content (AvgIpc) is 2.15. The number of hydrogen-bond donors (Lipinski definition) is 0. The molecule has 0 atom stereocenters. The first-order valence-electron chi connectivity index (χ1n) is 5.42. The van der Waals surface area contributed by atoms with Crippen molar-refractivity contribution >= 4 is 11.6 Å². The second-order valence-electron chi connectivity index (χ2n) is 4.04. The normalized spacial score (nSPS) is 14.5. The van der Waals surface area contributed by atoms with Crippen molar-refractivity contribution in [3.8, 4) is 0 Å². The lowest BCUT2D eigenvalue weighted by molar-refractivity contribution is -0.133. The molecule has 0 bridgehead atoms. The van der Waals surface area contributed by atoms with Crippen LogP contribution in [-0.4, -0.2) is 37.5 Å². The molecule has 86 valence electrons. The van der Waals surface area contributed by atoms with Crippen molar-refractivity contribution in [1.29, 1.82) is 0 Å². The van der Waals surface area contributed by atoms with E-state index in [4.69, 9.17) is 0 Å². The minimum Gasteiger partial charge on any atom is -0.363 e. The Hall–Kier alpha value is -1.58. The molecule has 1 fully saturated rings. The molecule has 1 aliphatic heterocycles. The summed E-state index contributed by atoms with van der Waals surface area (Å²) >= 11 is 0. The molecule has 0 aliphatic carbocycles. The van der Waals surface area contributed by atoms with Crippen LogP contribution in [0.25, 0.3) is 0 Å². The third-order valence-corrected chi connectivity index (χ3v) is 2.84. The number of nitrogens with zero attached hydrogens (tertiary/aromatic N) is 2. The van der Waals surface area contributed by atoms with E-state index in [9.17, 15) is 9.18 Å². The molecule has 4 heteroatoms. The molecule has 1 saturated heterocycles. The van der Waals surface area contributed by atoms with Gasteiger partial charge in [-0.1, -0.05) is 12.1 Å². The minimum absolute atomic E-state index is 0.0667. The predicted octanol–water partition coefficient (Wildman–Crippen LogP) is 1.49. The molecule has 0 spiro atoms. The molecule has 3 nitrogen and oxygen atoms in total. The van der Waals surface area contributed by atoms with Gasteiger partial charge in [-0.15, -0.1) is 0 Å². The van der Waals surface area contributed by atoms with Crippen LogP contribution < -0.4 is 4.90 Å². The SMILES string of the molecule is CN(CC(=O)N1CCC1)c1ccccc1F. The van der Waals surface area contributed by atoms with Gasteiger partial charge >= 0.3 is 0 Å². The van der Waals surface area contributed by atoms with Gasteiger partial charge in [-0.25, -0.2) is 4.39 Å². The maximum absolute atomic E-state index is 13.4. The van der Waals surface area contributed by atoms with Crippen LogP contribution in [0.4, 0.5) is 10.1 Å². The second-order valence-corrected chi connectivity index (χ2v) is 4.04. The number of amides is 1. The van der Waals surface area contributed by atoms with Crippen LogP contribution in [0.3, 0.4) is 0 Å². The van der Waals surface area contributed by atoms with Crippen molar-refractivity contribution in [2.24, 2.45) is 0 Å². The zero-order valence-corrected chi connectivity index (χ0v) is 9.32. The van der Waals surface area contributed by atoms with Crippen LogP contribution in [0.15, 0.2) is 24.3 Å². The van der Waals surface area contributed by atoms with E-state index in [0.717, 1.165) is 19.5 Å². The van der Waals surface area contributed by atoms with Crippen LogP contribution in [0.2, 0.25) is 0 Å². The lowest BCUT2D eigenvalue weighted by Crippen LogP contribution is -2.46. The van der Waals surface area contributed by atoms with Crippen LogP contribution in [0.5, 0.6) is 0 Å². The van der Waals surface area contributed by atoms with E-state index in [1.165, 1.54) is 6.07 Å². The topological polar surface area (TPSA) is 23.6 Å². The smallest absolute Gasteiger partial charge is 0.242 e. The number of likely N-dealkylation sites (tertiary alicyclic amines) is 1. The van der Waals surface area contributed by atoms with Gasteiger partial charge in [-0.05, 0) is 18.6 Å². The number of anilines is 1. The number of para-hydroxylation sites is 1. The Labute approximate surface area is 94.5 Å². The van der Waals surface area contributed by atoms with Gasteiger partial charge in [-0.2, -0.15) is 0 Å². The van der Waals surface area contributed by atoms with Gasteiger partial charge in [0.15, 0.2) is 0 Å². The van der Waals surface area contributed by atoms with Crippen LogP contribution in [0, 0.1) is 5.82 Å². The highest BCUT2D eigenvalue weighted by Crippen LogP contribution is 2.17. The Morgan fingerprint density at radius 2 is 2.12 bits per heavy atom. The molecule has 0 unspecified atom stereocenters. The largest absolute Gasteiger partial charge is 0.363 e. The summed E-state index contributed by atoms with van der Waals surface area (Å²) in [6, 6.07) is 6.49. The highest BCUT2D eigenvalue weighted by Gasteiger charge is 2.21. The minimum atomic E-state index is -0.290. The van der Waals surface area contributed by atoms with Crippen molar-refractivity contribution in [3.05, 3.63) is 30.1 Å². The van der Waals surface area contributed by atoms with E-state index in [2.05, 4.69) is 0 Å². The van der Waals surface area contributed by atoms with E-state index in [0.29, 0.717) is 5.69 Å². The standard InChI is InChI=1S/C12H15FN2O/c1-14(9-12(16)15-7-4-8-15)11-6-3-2-5-10(11)13/h2-3,5-6H,4,7-9H2,1H3. The summed E-state index contributed by atoms with van der Waals surface area (Å²) in [5.74, 6) is -0.224. The summed E-state index contributed by atoms with van der Waals surface area (Å²) in [5, 5.41) is 0. The summed E-state index contributed by atoms with van der Waals surface area (Å²) < 4.78 is 13.4. The van der Waals surface area contributed by atoms with Crippen molar-refractivity contribution in [1.82, 2.24) is 4.90 Å². The van der Waals surface area contributed by atoms with E-state index in [-0.39, 0.29) is 18.3 Å². The zero-order valence-electron chi connectivity index (χ0n) is 9.32. The number of rotatable bonds is 3. The van der Waals surface area contributed by atoms with Crippen LogP contribution in [-0.2, 0) is 4.79 Å². The molecule has 0 saturated carbocycles. The highest BCUT2D eigenvalue weighted by atomic mass is 19.1. The van der Waals surface area contributed by atoms with Crippen molar-refractivity contribution in [2.75, 3.05) is 31.6 Å². The number of halogens is 1. The fraction of sp³-hybridized carbons (Fsp3) is 0.417. The number of likely N-dealkylation sites (N-methyl/N-ethyl adjacent to an activating group) is 1. The monoisotopic (exact) mass is 222 g/mol. The quantitative estimate of drug-likeness (QED) is 0.773. The molecule has 0 radical (unpaired) electrons. The molecular weight excluding hydrogens is 207 g/mol. The number of carbonyl (C=O) groups excluding carboxylic acids is 1. The van der Waals surface area contributed by atoms with E-state index in [1.807, 2.05) is 0 Å². The Morgan fingerprint density at radius 3 is 2.69 bits per heavy atom. The molecule has 1 aliphatic rings. The predicted molar refractivity (Wildman–Crippen MR) is 60.9 cm³/mol. The third kappa shape index (κ3) is 2.15. The summed E-state index contributed by atoms with van der Waals surface area (Å²) in [6.07, 6.45) is 1.08. The Morgan fingerprint density at radius 1 is 1.44 bits per heavy atom. The van der Waals surface area contributed by atoms with Crippen LogP contribution >= 0.6 is 0 Å². The summed E-state index contributed by atoms with van der Waals surface area (Å²) in [6.45, 7) is 1.91. The Bertz CT molecular complexity index is 390. The molecular formula is C12H15FN2O. The highest BCUT2D eigenvalue weighted by molar-refractivity contribution is 5.82. The molecule has 0 N–H and O–H groups in total. The summed E-state index contributed by atoms with van der Waals surface area (Å²) in [7, 11) is 1.73. The lowest BCUT2D eigenvalue weighted by Gasteiger charge is -2.32. The van der Waals surface area contributed by atoms with E-state index >= 15 is 0 Å². The summed E-state index contributed by atoms with van der Waals surface area (Å²) in [5.41, 5.74) is 0.469. The molecule has 1 amide bonds. The van der Waals surface area contributed by atoms with E-state index < -0.39 is 0 Å². The molecule has 1 aromatic carbocycles. The molecule has 16 heavy (non-hydrogen) atoms. The zero-order chi connectivity index (χ0) is 11.5. The maximum atomic E-state index is 13.4. The fourth-order valence-electron chi connectivity index (χ4n) is 1.71. The second kappa shape index (κ2) is 4.51. The number of hydrogen-bond acceptors (Lipinski definition) is 2. The number of carbonyl (C=O) groups is 1. The fourth-order valence-corrected chi connectivity index (χ4v) is 1.71. The number of benzene rings is 1. The van der Waals surface area contributed by atoms with Gasteiger partial charge in [0.25, 0.3) is 0 Å². The van der Waals surface area contributed by atoms with E-state index in [1.54, 1.807) is 35.0 Å². The van der Waals surface area contributed by atoms with Gasteiger partial charge in [0.05, 0.1) is 12.2 Å². The van der Waals surface area contributed by atoms with Crippen molar-refractivity contribution < 1.29 is 9.18 Å². The lowest BCUT2D eigenvalue weighted by atomic mass is 10.2. The Kier molecular flexibility index (Phi) is 3.08. The van der Waals surface area contributed by atoms with Crippen molar-refractivity contribution in [2.45, 2.75) is 6.42 Å². The first-order chi connectivity index (χ1) is 7.68. The van der Waals surface area contributed by atoms with Gasteiger partial charge < -0.3 is 9.80 Å². The molecule has 2 rings (SSSR count). The first kappa shape index (κ1) is 10.9. The molecule has 0 aromatic heterocycles. The van der Waals surface area contributed by atoms with Gasteiger partial charge in [0.1, 0.15) is 5.82 Å². The molecule has 1 aromatic rings. The molecule has 1 heterocycles. The Balaban J connectivity index is 1.99. The van der Waals surface area contributed by atoms with Crippen LogP contribution in [0.1, 0.15) is 6.42 Å². The average molecular weight is 222 g/mol. The third-order valence-electron chi connectivity index (χ3n) is 2.84. The van der Waals surface area contributed by atoms with Gasteiger partial charge in [0.2, 0.25) is 5.91 Å². The van der Waals surface area contributed by atoms with Gasteiger partial charge in [0, 0.05) is 20.1 Å². The van der Waals surface area contributed by atoms with Crippen molar-refractivity contribution in [3.63, 3.8) is 0 Å². The first-order valence-corrected chi connectivity index (χ1v) is 5.42.